The summed E-state index contributed by atoms with van der Waals surface area (Å²) in [6.45, 7) is 0. The molecule has 100 valence electrons. The number of fused-ring (bicyclic) bond motifs is 1. The summed E-state index contributed by atoms with van der Waals surface area (Å²) in [5.41, 5.74) is 0.649. The van der Waals surface area contributed by atoms with Crippen molar-refractivity contribution in [3.05, 3.63) is 83.4 Å². The van der Waals surface area contributed by atoms with E-state index in [1.807, 2.05) is 36.4 Å². The third kappa shape index (κ3) is 2.28. The molecule has 1 atom stereocenters. The largest absolute Gasteiger partial charge is 0.384 e. The predicted octanol–water partition coefficient (Wildman–Crippen LogP) is 4.20. The molecule has 0 aromatic heterocycles. The fraction of sp³-hybridized carbons (Fsp3) is 0.0588. The van der Waals surface area contributed by atoms with Crippen LogP contribution in [-0.2, 0) is 0 Å². The number of aliphatic hydroxyl groups excluding tert-OH is 1. The van der Waals surface area contributed by atoms with Gasteiger partial charge in [-0.05, 0) is 28.5 Å². The van der Waals surface area contributed by atoms with Crippen molar-refractivity contribution in [1.29, 1.82) is 0 Å². The molecule has 0 saturated heterocycles. The molecule has 0 aliphatic heterocycles. The van der Waals surface area contributed by atoms with E-state index in [9.17, 15) is 13.9 Å². The Kier molecular flexibility index (Phi) is 3.20. The molecule has 0 aliphatic rings. The third-order valence-electron chi connectivity index (χ3n) is 3.35. The van der Waals surface area contributed by atoms with E-state index < -0.39 is 17.7 Å². The fourth-order valence-electron chi connectivity index (χ4n) is 2.28. The van der Waals surface area contributed by atoms with Crippen LogP contribution in [0.5, 0.6) is 0 Å². The number of rotatable bonds is 2. The average Bonchev–Trinajstić information content (AvgIpc) is 2.46. The van der Waals surface area contributed by atoms with Crippen LogP contribution in [0.2, 0.25) is 0 Å². The quantitative estimate of drug-likeness (QED) is 0.740. The van der Waals surface area contributed by atoms with E-state index in [1.54, 1.807) is 6.07 Å². The summed E-state index contributed by atoms with van der Waals surface area (Å²) >= 11 is 0. The Hall–Kier alpha value is -2.26. The van der Waals surface area contributed by atoms with Gasteiger partial charge in [0, 0.05) is 11.6 Å². The zero-order valence-electron chi connectivity index (χ0n) is 10.6. The molecule has 0 saturated carbocycles. The second-order valence-electron chi connectivity index (χ2n) is 4.67. The zero-order chi connectivity index (χ0) is 14.1. The first-order chi connectivity index (χ1) is 9.65. The van der Waals surface area contributed by atoms with Crippen LogP contribution in [0.3, 0.4) is 0 Å². The third-order valence-corrected chi connectivity index (χ3v) is 3.35. The Morgan fingerprint density at radius 2 is 1.55 bits per heavy atom. The molecule has 3 heteroatoms. The van der Waals surface area contributed by atoms with Crippen molar-refractivity contribution in [2.75, 3.05) is 0 Å². The Balaban J connectivity index is 2.05. The number of halogens is 2. The first-order valence-corrected chi connectivity index (χ1v) is 6.27. The molecule has 0 spiro atoms. The molecule has 0 amide bonds. The van der Waals surface area contributed by atoms with Crippen molar-refractivity contribution in [2.45, 2.75) is 6.10 Å². The van der Waals surface area contributed by atoms with Crippen LogP contribution in [0, 0.1) is 11.6 Å². The molecule has 20 heavy (non-hydrogen) atoms. The van der Waals surface area contributed by atoms with Crippen molar-refractivity contribution in [2.24, 2.45) is 0 Å². The van der Waals surface area contributed by atoms with Gasteiger partial charge in [0.05, 0.1) is 0 Å². The highest BCUT2D eigenvalue weighted by Crippen LogP contribution is 2.27. The standard InChI is InChI=1S/C17H12F2O/c18-14-7-8-15(16(19)10-14)17(20)13-6-5-11-3-1-2-4-12(11)9-13/h1-10,17,20H. The summed E-state index contributed by atoms with van der Waals surface area (Å²) in [7, 11) is 0. The van der Waals surface area contributed by atoms with E-state index in [1.165, 1.54) is 6.07 Å². The topological polar surface area (TPSA) is 20.2 Å². The number of aliphatic hydroxyl groups is 1. The maximum absolute atomic E-state index is 13.7. The first-order valence-electron chi connectivity index (χ1n) is 6.27. The molecule has 0 aliphatic carbocycles. The number of hydrogen-bond acceptors (Lipinski definition) is 1. The molecule has 0 radical (unpaired) electrons. The van der Waals surface area contributed by atoms with Crippen LogP contribution < -0.4 is 0 Å². The van der Waals surface area contributed by atoms with E-state index in [4.69, 9.17) is 0 Å². The SMILES string of the molecule is OC(c1ccc2ccccc2c1)c1ccc(F)cc1F. The molecule has 0 bridgehead atoms. The highest BCUT2D eigenvalue weighted by molar-refractivity contribution is 5.83. The lowest BCUT2D eigenvalue weighted by Gasteiger charge is -2.13. The highest BCUT2D eigenvalue weighted by atomic mass is 19.1. The molecule has 0 heterocycles. The Labute approximate surface area is 115 Å². The summed E-state index contributed by atoms with van der Waals surface area (Å²) in [5.74, 6) is -1.40. The predicted molar refractivity (Wildman–Crippen MR) is 74.4 cm³/mol. The molecule has 1 N–H and O–H groups in total. The monoisotopic (exact) mass is 270 g/mol. The van der Waals surface area contributed by atoms with Crippen LogP contribution in [0.25, 0.3) is 10.8 Å². The molecule has 1 unspecified atom stereocenters. The number of hydrogen-bond donors (Lipinski definition) is 1. The Bertz CT molecular complexity index is 768. The lowest BCUT2D eigenvalue weighted by Crippen LogP contribution is -2.03. The summed E-state index contributed by atoms with van der Waals surface area (Å²) in [6, 6.07) is 16.3. The van der Waals surface area contributed by atoms with Gasteiger partial charge in [-0.25, -0.2) is 8.78 Å². The summed E-state index contributed by atoms with van der Waals surface area (Å²) < 4.78 is 26.6. The summed E-state index contributed by atoms with van der Waals surface area (Å²) in [6.07, 6.45) is -1.11. The molecule has 3 rings (SSSR count). The normalized spacial score (nSPS) is 12.6. The van der Waals surface area contributed by atoms with E-state index in [0.717, 1.165) is 22.9 Å². The van der Waals surface area contributed by atoms with Gasteiger partial charge in [-0.3, -0.25) is 0 Å². The molecular weight excluding hydrogens is 258 g/mol. The average molecular weight is 270 g/mol. The van der Waals surface area contributed by atoms with Gasteiger partial charge in [-0.15, -0.1) is 0 Å². The van der Waals surface area contributed by atoms with Gasteiger partial charge in [-0.1, -0.05) is 42.5 Å². The van der Waals surface area contributed by atoms with Crippen molar-refractivity contribution < 1.29 is 13.9 Å². The Morgan fingerprint density at radius 3 is 2.30 bits per heavy atom. The molecular formula is C17H12F2O. The zero-order valence-corrected chi connectivity index (χ0v) is 10.6. The molecule has 3 aromatic carbocycles. The van der Waals surface area contributed by atoms with Gasteiger partial charge in [0.1, 0.15) is 17.7 Å². The van der Waals surface area contributed by atoms with Crippen molar-refractivity contribution in [1.82, 2.24) is 0 Å². The van der Waals surface area contributed by atoms with E-state index in [2.05, 4.69) is 0 Å². The fourth-order valence-corrected chi connectivity index (χ4v) is 2.28. The van der Waals surface area contributed by atoms with Crippen LogP contribution in [0.15, 0.2) is 60.7 Å². The van der Waals surface area contributed by atoms with Gasteiger partial charge in [0.25, 0.3) is 0 Å². The summed E-state index contributed by atoms with van der Waals surface area (Å²) in [5, 5.41) is 12.3. The van der Waals surface area contributed by atoms with E-state index >= 15 is 0 Å². The lowest BCUT2D eigenvalue weighted by atomic mass is 9.98. The van der Waals surface area contributed by atoms with Gasteiger partial charge in [0.15, 0.2) is 0 Å². The van der Waals surface area contributed by atoms with Gasteiger partial charge < -0.3 is 5.11 Å². The molecule has 3 aromatic rings. The van der Waals surface area contributed by atoms with E-state index in [-0.39, 0.29) is 5.56 Å². The first kappa shape index (κ1) is 12.8. The van der Waals surface area contributed by atoms with Gasteiger partial charge in [0.2, 0.25) is 0 Å². The molecule has 1 nitrogen and oxygen atoms in total. The van der Waals surface area contributed by atoms with Crippen LogP contribution in [0.4, 0.5) is 8.78 Å². The smallest absolute Gasteiger partial charge is 0.132 e. The van der Waals surface area contributed by atoms with Crippen molar-refractivity contribution in [3.63, 3.8) is 0 Å². The maximum atomic E-state index is 13.7. The van der Waals surface area contributed by atoms with Crippen molar-refractivity contribution in [3.8, 4) is 0 Å². The van der Waals surface area contributed by atoms with Crippen LogP contribution >= 0.6 is 0 Å². The highest BCUT2D eigenvalue weighted by Gasteiger charge is 2.15. The second-order valence-corrected chi connectivity index (χ2v) is 4.67. The van der Waals surface area contributed by atoms with Crippen molar-refractivity contribution >= 4 is 10.8 Å². The van der Waals surface area contributed by atoms with Crippen LogP contribution in [-0.4, -0.2) is 5.11 Å². The lowest BCUT2D eigenvalue weighted by molar-refractivity contribution is 0.215. The second kappa shape index (κ2) is 5.02. The summed E-state index contributed by atoms with van der Waals surface area (Å²) in [4.78, 5) is 0. The van der Waals surface area contributed by atoms with Gasteiger partial charge in [-0.2, -0.15) is 0 Å². The van der Waals surface area contributed by atoms with Crippen LogP contribution in [0.1, 0.15) is 17.2 Å². The minimum atomic E-state index is -1.11. The number of benzene rings is 3. The van der Waals surface area contributed by atoms with E-state index in [0.29, 0.717) is 5.56 Å². The van der Waals surface area contributed by atoms with Gasteiger partial charge >= 0.3 is 0 Å². The molecule has 0 fully saturated rings. The maximum Gasteiger partial charge on any atom is 0.132 e. The minimum absolute atomic E-state index is 0.0710. The minimum Gasteiger partial charge on any atom is -0.384 e. The Morgan fingerprint density at radius 1 is 0.800 bits per heavy atom.